The van der Waals surface area contributed by atoms with Gasteiger partial charge in [0.2, 0.25) is 11.7 Å². The molecule has 0 bridgehead atoms. The minimum atomic E-state index is 0.682. The molecule has 1 aliphatic heterocycles. The second kappa shape index (κ2) is 7.07. The molecule has 1 fully saturated rings. The maximum Gasteiger partial charge on any atom is 0.241 e. The Labute approximate surface area is 150 Å². The van der Waals surface area contributed by atoms with Crippen LogP contribution in [0.4, 0.5) is 0 Å². The SMILES string of the molecule is Cc1noc(C)c1CN1CCN(Cc2nc(-c3cccs3)no2)CC1. The van der Waals surface area contributed by atoms with E-state index >= 15 is 0 Å². The number of aryl methyl sites for hydroxylation is 2. The van der Waals surface area contributed by atoms with Gasteiger partial charge >= 0.3 is 0 Å². The van der Waals surface area contributed by atoms with Crippen LogP contribution in [-0.2, 0) is 13.1 Å². The van der Waals surface area contributed by atoms with E-state index in [4.69, 9.17) is 9.05 Å². The Kier molecular flexibility index (Phi) is 4.65. The smallest absolute Gasteiger partial charge is 0.241 e. The molecule has 4 rings (SSSR count). The lowest BCUT2D eigenvalue weighted by atomic mass is 10.2. The summed E-state index contributed by atoms with van der Waals surface area (Å²) in [5.41, 5.74) is 2.21. The van der Waals surface area contributed by atoms with Gasteiger partial charge in [0.15, 0.2) is 0 Å². The fraction of sp³-hybridized carbons (Fsp3) is 0.471. The number of hydrogen-bond acceptors (Lipinski definition) is 8. The molecule has 0 aromatic carbocycles. The maximum atomic E-state index is 5.40. The van der Waals surface area contributed by atoms with Crippen LogP contribution in [0.25, 0.3) is 10.7 Å². The van der Waals surface area contributed by atoms with Gasteiger partial charge in [-0.15, -0.1) is 11.3 Å². The van der Waals surface area contributed by atoms with E-state index in [-0.39, 0.29) is 0 Å². The summed E-state index contributed by atoms with van der Waals surface area (Å²) in [4.78, 5) is 10.3. The van der Waals surface area contributed by atoms with Crippen molar-refractivity contribution in [2.24, 2.45) is 0 Å². The molecule has 3 aromatic heterocycles. The molecular formula is C17H21N5O2S. The highest BCUT2D eigenvalue weighted by atomic mass is 32.1. The summed E-state index contributed by atoms with van der Waals surface area (Å²) >= 11 is 1.62. The van der Waals surface area contributed by atoms with E-state index in [0.29, 0.717) is 18.3 Å². The summed E-state index contributed by atoms with van der Waals surface area (Å²) < 4.78 is 10.7. The van der Waals surface area contributed by atoms with Crippen molar-refractivity contribution in [3.8, 4) is 10.7 Å². The third-order valence-electron chi connectivity index (χ3n) is 4.60. The average Bonchev–Trinajstić information content (AvgIpc) is 3.35. The van der Waals surface area contributed by atoms with Gasteiger partial charge in [0.05, 0.1) is 17.1 Å². The first kappa shape index (κ1) is 16.4. The van der Waals surface area contributed by atoms with E-state index in [9.17, 15) is 0 Å². The molecule has 3 aromatic rings. The van der Waals surface area contributed by atoms with Crippen molar-refractivity contribution in [1.29, 1.82) is 0 Å². The molecule has 0 N–H and O–H groups in total. The predicted molar refractivity (Wildman–Crippen MR) is 94.1 cm³/mol. The zero-order chi connectivity index (χ0) is 17.2. The third-order valence-corrected chi connectivity index (χ3v) is 5.46. The van der Waals surface area contributed by atoms with Crippen LogP contribution in [0.5, 0.6) is 0 Å². The van der Waals surface area contributed by atoms with Crippen LogP contribution in [0.15, 0.2) is 26.6 Å². The summed E-state index contributed by atoms with van der Waals surface area (Å²) in [5.74, 6) is 2.29. The van der Waals surface area contributed by atoms with E-state index in [1.807, 2.05) is 31.4 Å². The van der Waals surface area contributed by atoms with Crippen LogP contribution in [-0.4, -0.2) is 51.3 Å². The standard InChI is InChI=1S/C17H21N5O2S/c1-12-14(13(2)23-19-12)10-21-5-7-22(8-6-21)11-16-18-17(20-24-16)15-4-3-9-25-15/h3-4,9H,5-8,10-11H2,1-2H3. The summed E-state index contributed by atoms with van der Waals surface area (Å²) in [6.07, 6.45) is 0. The second-order valence-electron chi connectivity index (χ2n) is 6.34. The Hall–Kier alpha value is -2.03. The molecule has 25 heavy (non-hydrogen) atoms. The number of aromatic nitrogens is 3. The zero-order valence-electron chi connectivity index (χ0n) is 14.4. The number of piperazine rings is 1. The van der Waals surface area contributed by atoms with E-state index in [1.165, 1.54) is 5.56 Å². The van der Waals surface area contributed by atoms with Gasteiger partial charge in [-0.05, 0) is 25.3 Å². The molecule has 0 unspecified atom stereocenters. The largest absolute Gasteiger partial charge is 0.361 e. The van der Waals surface area contributed by atoms with Crippen LogP contribution >= 0.6 is 11.3 Å². The van der Waals surface area contributed by atoms with E-state index in [0.717, 1.165) is 49.1 Å². The molecule has 0 radical (unpaired) electrons. The van der Waals surface area contributed by atoms with Gasteiger partial charge in [-0.25, -0.2) is 0 Å². The molecule has 132 valence electrons. The third kappa shape index (κ3) is 3.65. The van der Waals surface area contributed by atoms with Gasteiger partial charge in [-0.1, -0.05) is 16.4 Å². The molecule has 1 saturated heterocycles. The lowest BCUT2D eigenvalue weighted by Gasteiger charge is -2.33. The molecule has 4 heterocycles. The Morgan fingerprint density at radius 1 is 1.04 bits per heavy atom. The van der Waals surface area contributed by atoms with Crippen molar-refractivity contribution < 1.29 is 9.05 Å². The molecule has 1 aliphatic rings. The normalized spacial score (nSPS) is 16.6. The van der Waals surface area contributed by atoms with Crippen molar-refractivity contribution in [3.63, 3.8) is 0 Å². The van der Waals surface area contributed by atoms with Crippen LogP contribution in [0.1, 0.15) is 22.9 Å². The first-order valence-corrected chi connectivity index (χ1v) is 9.30. The van der Waals surface area contributed by atoms with Crippen molar-refractivity contribution in [2.75, 3.05) is 26.2 Å². The summed E-state index contributed by atoms with van der Waals surface area (Å²) in [6.45, 7) is 9.58. The summed E-state index contributed by atoms with van der Waals surface area (Å²) in [5, 5.41) is 10.1. The maximum absolute atomic E-state index is 5.40. The lowest BCUT2D eigenvalue weighted by molar-refractivity contribution is 0.111. The molecule has 8 heteroatoms. The summed E-state index contributed by atoms with van der Waals surface area (Å²) in [7, 11) is 0. The first-order valence-electron chi connectivity index (χ1n) is 8.42. The highest BCUT2D eigenvalue weighted by Crippen LogP contribution is 2.22. The molecule has 0 amide bonds. The number of hydrogen-bond donors (Lipinski definition) is 0. The Balaban J connectivity index is 1.30. The molecule has 0 aliphatic carbocycles. The molecule has 0 atom stereocenters. The monoisotopic (exact) mass is 359 g/mol. The second-order valence-corrected chi connectivity index (χ2v) is 7.29. The Morgan fingerprint density at radius 3 is 2.44 bits per heavy atom. The van der Waals surface area contributed by atoms with Crippen LogP contribution in [0.2, 0.25) is 0 Å². The van der Waals surface area contributed by atoms with E-state index in [2.05, 4.69) is 25.1 Å². The Morgan fingerprint density at radius 2 is 1.80 bits per heavy atom. The van der Waals surface area contributed by atoms with Gasteiger partial charge in [0.25, 0.3) is 0 Å². The molecular weight excluding hydrogens is 338 g/mol. The van der Waals surface area contributed by atoms with Gasteiger partial charge in [-0.2, -0.15) is 4.98 Å². The van der Waals surface area contributed by atoms with Crippen LogP contribution < -0.4 is 0 Å². The predicted octanol–water partition coefficient (Wildman–Crippen LogP) is 2.72. The van der Waals surface area contributed by atoms with Gasteiger partial charge in [0.1, 0.15) is 5.76 Å². The van der Waals surface area contributed by atoms with Crippen molar-refractivity contribution in [2.45, 2.75) is 26.9 Å². The Bertz CT molecular complexity index is 799. The first-order chi connectivity index (χ1) is 12.2. The topological polar surface area (TPSA) is 71.4 Å². The van der Waals surface area contributed by atoms with Crippen LogP contribution in [0.3, 0.4) is 0 Å². The van der Waals surface area contributed by atoms with E-state index < -0.39 is 0 Å². The number of thiophene rings is 1. The highest BCUT2D eigenvalue weighted by molar-refractivity contribution is 7.13. The van der Waals surface area contributed by atoms with Crippen LogP contribution in [0, 0.1) is 13.8 Å². The fourth-order valence-corrected chi connectivity index (χ4v) is 3.72. The summed E-state index contributed by atoms with van der Waals surface area (Å²) in [6, 6.07) is 4.00. The lowest BCUT2D eigenvalue weighted by Crippen LogP contribution is -2.45. The van der Waals surface area contributed by atoms with Crippen molar-refractivity contribution in [3.05, 3.63) is 40.4 Å². The van der Waals surface area contributed by atoms with Gasteiger partial charge in [0, 0.05) is 38.3 Å². The molecule has 0 spiro atoms. The van der Waals surface area contributed by atoms with Gasteiger partial charge < -0.3 is 9.05 Å². The zero-order valence-corrected chi connectivity index (χ0v) is 15.3. The van der Waals surface area contributed by atoms with Gasteiger partial charge in [-0.3, -0.25) is 9.80 Å². The molecule has 7 nitrogen and oxygen atoms in total. The quantitative estimate of drug-likeness (QED) is 0.693. The van der Waals surface area contributed by atoms with Crippen molar-refractivity contribution >= 4 is 11.3 Å². The fourth-order valence-electron chi connectivity index (χ4n) is 3.07. The highest BCUT2D eigenvalue weighted by Gasteiger charge is 2.21. The minimum Gasteiger partial charge on any atom is -0.361 e. The van der Waals surface area contributed by atoms with Crippen molar-refractivity contribution in [1.82, 2.24) is 25.1 Å². The number of nitrogens with zero attached hydrogens (tertiary/aromatic N) is 5. The number of rotatable bonds is 5. The van der Waals surface area contributed by atoms with E-state index in [1.54, 1.807) is 11.3 Å². The minimum absolute atomic E-state index is 0.682. The average molecular weight is 359 g/mol. The molecule has 0 saturated carbocycles.